The van der Waals surface area contributed by atoms with E-state index in [4.69, 9.17) is 9.47 Å². The van der Waals surface area contributed by atoms with E-state index in [1.165, 1.54) is 12.0 Å². The Kier molecular flexibility index (Phi) is 7.53. The number of carbonyl (C=O) groups excluding carboxylic acids is 3. The summed E-state index contributed by atoms with van der Waals surface area (Å²) in [6, 6.07) is 20.1. The van der Waals surface area contributed by atoms with Crippen molar-refractivity contribution in [3.63, 3.8) is 0 Å². The minimum Gasteiger partial charge on any atom is -0.497 e. The normalized spacial score (nSPS) is 15.2. The second-order valence-corrected chi connectivity index (χ2v) is 8.45. The van der Waals surface area contributed by atoms with Gasteiger partial charge in [-0.3, -0.25) is 9.59 Å². The summed E-state index contributed by atoms with van der Waals surface area (Å²) in [4.78, 5) is 42.5. The smallest absolute Gasteiger partial charge is 0.332 e. The summed E-state index contributed by atoms with van der Waals surface area (Å²) < 4.78 is 10.5. The molecule has 36 heavy (non-hydrogen) atoms. The average molecular weight is 488 g/mol. The van der Waals surface area contributed by atoms with E-state index < -0.39 is 18.0 Å². The second-order valence-electron chi connectivity index (χ2n) is 8.45. The van der Waals surface area contributed by atoms with Gasteiger partial charge in [-0.05, 0) is 53.9 Å². The van der Waals surface area contributed by atoms with Crippen molar-refractivity contribution in [3.8, 4) is 11.5 Å². The van der Waals surface area contributed by atoms with Gasteiger partial charge in [-0.2, -0.15) is 0 Å². The van der Waals surface area contributed by atoms with Crippen molar-refractivity contribution in [2.45, 2.75) is 32.4 Å². The van der Waals surface area contributed by atoms with Gasteiger partial charge in [0.1, 0.15) is 17.5 Å². The highest BCUT2D eigenvalue weighted by Crippen LogP contribution is 2.31. The predicted octanol–water partition coefficient (Wildman–Crippen LogP) is 4.63. The van der Waals surface area contributed by atoms with Gasteiger partial charge in [0.15, 0.2) is 0 Å². The molecule has 1 N–H and O–H groups in total. The number of nitrogens with zero attached hydrogens (tertiary/aromatic N) is 2. The Labute approximate surface area is 210 Å². The van der Waals surface area contributed by atoms with E-state index in [9.17, 15) is 14.4 Å². The van der Waals surface area contributed by atoms with Crippen LogP contribution in [0.15, 0.2) is 72.8 Å². The molecule has 1 saturated heterocycles. The van der Waals surface area contributed by atoms with Crippen molar-refractivity contribution in [1.29, 1.82) is 0 Å². The number of anilines is 2. The molecular formula is C28H29N3O5. The topological polar surface area (TPSA) is 88.2 Å². The monoisotopic (exact) mass is 487 g/mol. The molecule has 3 aromatic carbocycles. The molecule has 3 aromatic rings. The molecule has 4 rings (SSSR count). The molecule has 0 saturated carbocycles. The Bertz CT molecular complexity index is 1240. The van der Waals surface area contributed by atoms with Crippen LogP contribution >= 0.6 is 0 Å². The van der Waals surface area contributed by atoms with Crippen LogP contribution in [0.25, 0.3) is 0 Å². The lowest BCUT2D eigenvalue weighted by molar-refractivity contribution is -0.124. The number of methoxy groups -OCH3 is 2. The summed E-state index contributed by atoms with van der Waals surface area (Å²) in [5.41, 5.74) is 3.00. The maximum atomic E-state index is 13.5. The van der Waals surface area contributed by atoms with Gasteiger partial charge < -0.3 is 19.7 Å². The highest BCUT2D eigenvalue weighted by Gasteiger charge is 2.46. The number of ether oxygens (including phenoxy) is 2. The summed E-state index contributed by atoms with van der Waals surface area (Å²) in [7, 11) is 3.09. The van der Waals surface area contributed by atoms with E-state index in [0.29, 0.717) is 22.9 Å². The summed E-state index contributed by atoms with van der Waals surface area (Å²) in [5.74, 6) is 0.396. The molecule has 0 spiro atoms. The van der Waals surface area contributed by atoms with Crippen molar-refractivity contribution >= 4 is 29.2 Å². The molecule has 1 heterocycles. The summed E-state index contributed by atoms with van der Waals surface area (Å²) in [5, 5.41) is 2.84. The third-order valence-corrected chi connectivity index (χ3v) is 6.17. The zero-order valence-corrected chi connectivity index (χ0v) is 20.6. The first-order valence-electron chi connectivity index (χ1n) is 11.7. The fraction of sp³-hybridized carbons (Fsp3) is 0.250. The van der Waals surface area contributed by atoms with Crippen LogP contribution < -0.4 is 19.7 Å². The molecule has 1 fully saturated rings. The zero-order valence-electron chi connectivity index (χ0n) is 20.6. The summed E-state index contributed by atoms with van der Waals surface area (Å²) >= 11 is 0. The van der Waals surface area contributed by atoms with E-state index in [1.807, 2.05) is 36.4 Å². The van der Waals surface area contributed by atoms with Gasteiger partial charge >= 0.3 is 6.03 Å². The molecule has 0 aliphatic carbocycles. The van der Waals surface area contributed by atoms with Gasteiger partial charge in [0, 0.05) is 18.3 Å². The lowest BCUT2D eigenvalue weighted by atomic mass is 10.1. The van der Waals surface area contributed by atoms with Crippen molar-refractivity contribution in [2.75, 3.05) is 24.4 Å². The van der Waals surface area contributed by atoms with E-state index in [1.54, 1.807) is 43.5 Å². The molecule has 0 bridgehead atoms. The van der Waals surface area contributed by atoms with Crippen LogP contribution in [0.3, 0.4) is 0 Å². The maximum Gasteiger partial charge on any atom is 0.332 e. The Morgan fingerprint density at radius 2 is 1.56 bits per heavy atom. The van der Waals surface area contributed by atoms with E-state index in [-0.39, 0.29) is 18.9 Å². The Balaban J connectivity index is 1.59. The third kappa shape index (κ3) is 5.33. The average Bonchev–Trinajstić information content (AvgIpc) is 3.13. The van der Waals surface area contributed by atoms with Crippen LogP contribution in [0.4, 0.5) is 16.2 Å². The van der Waals surface area contributed by atoms with Gasteiger partial charge in [-0.25, -0.2) is 9.69 Å². The molecule has 1 unspecified atom stereocenters. The van der Waals surface area contributed by atoms with Gasteiger partial charge in [0.05, 0.1) is 26.3 Å². The number of carbonyl (C=O) groups is 3. The van der Waals surface area contributed by atoms with Crippen molar-refractivity contribution in [3.05, 3.63) is 83.9 Å². The van der Waals surface area contributed by atoms with Crippen LogP contribution in [0.1, 0.15) is 24.5 Å². The molecule has 8 heteroatoms. The zero-order chi connectivity index (χ0) is 25.7. The van der Waals surface area contributed by atoms with Crippen LogP contribution in [-0.4, -0.2) is 43.0 Å². The quantitative estimate of drug-likeness (QED) is 0.445. The first-order chi connectivity index (χ1) is 17.4. The van der Waals surface area contributed by atoms with Gasteiger partial charge in [0.25, 0.3) is 5.91 Å². The standard InChI is InChI=1S/C28H29N3O5/c1-4-19-8-12-21(13-9-19)29-26(32)17-25-27(33)31(22-6-5-7-24(16-22)36-3)28(34)30(25)18-20-10-14-23(35-2)15-11-20/h5-16,25H,4,17-18H2,1-3H3,(H,29,32). The predicted molar refractivity (Wildman–Crippen MR) is 137 cm³/mol. The minimum absolute atomic E-state index is 0.165. The molecule has 1 atom stereocenters. The Morgan fingerprint density at radius 1 is 0.889 bits per heavy atom. The Hall–Kier alpha value is -4.33. The number of hydrogen-bond donors (Lipinski definition) is 1. The molecule has 0 radical (unpaired) electrons. The molecule has 1 aliphatic heterocycles. The number of urea groups is 1. The number of rotatable bonds is 9. The number of amides is 4. The number of benzene rings is 3. The van der Waals surface area contributed by atoms with Gasteiger partial charge in [0.2, 0.25) is 5.91 Å². The Morgan fingerprint density at radius 3 is 2.19 bits per heavy atom. The molecule has 0 aromatic heterocycles. The lowest BCUT2D eigenvalue weighted by Crippen LogP contribution is -2.37. The van der Waals surface area contributed by atoms with E-state index in [0.717, 1.165) is 22.4 Å². The fourth-order valence-electron chi connectivity index (χ4n) is 4.14. The van der Waals surface area contributed by atoms with Gasteiger partial charge in [-0.15, -0.1) is 0 Å². The lowest BCUT2D eigenvalue weighted by Gasteiger charge is -2.22. The SMILES string of the molecule is CCc1ccc(NC(=O)CC2C(=O)N(c3cccc(OC)c3)C(=O)N2Cc2ccc(OC)cc2)cc1. The highest BCUT2D eigenvalue weighted by atomic mass is 16.5. The van der Waals surface area contributed by atoms with Crippen molar-refractivity contribution < 1.29 is 23.9 Å². The second kappa shape index (κ2) is 10.9. The highest BCUT2D eigenvalue weighted by molar-refractivity contribution is 6.22. The van der Waals surface area contributed by atoms with Crippen LogP contribution in [0.5, 0.6) is 11.5 Å². The van der Waals surface area contributed by atoms with Crippen molar-refractivity contribution in [2.24, 2.45) is 0 Å². The molecule has 1 aliphatic rings. The number of aryl methyl sites for hydroxylation is 1. The van der Waals surface area contributed by atoms with Crippen molar-refractivity contribution in [1.82, 2.24) is 4.90 Å². The van der Waals surface area contributed by atoms with Crippen LogP contribution in [-0.2, 0) is 22.6 Å². The van der Waals surface area contributed by atoms with E-state index >= 15 is 0 Å². The largest absolute Gasteiger partial charge is 0.497 e. The number of imide groups is 1. The molecular weight excluding hydrogens is 458 g/mol. The minimum atomic E-state index is -0.958. The first-order valence-corrected chi connectivity index (χ1v) is 11.7. The molecule has 186 valence electrons. The van der Waals surface area contributed by atoms with Crippen LogP contribution in [0, 0.1) is 0 Å². The van der Waals surface area contributed by atoms with E-state index in [2.05, 4.69) is 12.2 Å². The fourth-order valence-corrected chi connectivity index (χ4v) is 4.14. The molecule has 8 nitrogen and oxygen atoms in total. The summed E-state index contributed by atoms with van der Waals surface area (Å²) in [6.45, 7) is 2.22. The number of nitrogens with one attached hydrogen (secondary N) is 1. The number of hydrogen-bond acceptors (Lipinski definition) is 5. The summed E-state index contributed by atoms with van der Waals surface area (Å²) in [6.07, 6.45) is 0.726. The van der Waals surface area contributed by atoms with Crippen LogP contribution in [0.2, 0.25) is 0 Å². The first kappa shape index (κ1) is 24.8. The van der Waals surface area contributed by atoms with Gasteiger partial charge in [-0.1, -0.05) is 37.3 Å². The third-order valence-electron chi connectivity index (χ3n) is 6.17. The maximum absolute atomic E-state index is 13.5. The molecule has 4 amide bonds.